The van der Waals surface area contributed by atoms with E-state index in [2.05, 4.69) is 20.2 Å². The van der Waals surface area contributed by atoms with Crippen molar-refractivity contribution in [2.45, 2.75) is 12.5 Å². The number of morpholine rings is 1. The maximum absolute atomic E-state index is 5.82. The Kier molecular flexibility index (Phi) is 2.29. The molecule has 0 atom stereocenters. The van der Waals surface area contributed by atoms with Crippen molar-refractivity contribution < 1.29 is 4.74 Å². The Hall–Kier alpha value is -1.20. The number of nitrogens with one attached hydrogen (secondary N) is 1. The minimum Gasteiger partial charge on any atom is -0.369 e. The lowest BCUT2D eigenvalue weighted by Crippen LogP contribution is -2.70. The summed E-state index contributed by atoms with van der Waals surface area (Å²) in [6.07, 6.45) is 3.71. The number of hydrogen-bond acceptors (Lipinski definition) is 5. The molecule has 3 rings (SSSR count). The molecule has 0 unspecified atom stereocenters. The van der Waals surface area contributed by atoms with Gasteiger partial charge in [0.05, 0.1) is 19.7 Å². The van der Waals surface area contributed by atoms with Crippen molar-refractivity contribution in [2.24, 2.45) is 0 Å². The van der Waals surface area contributed by atoms with E-state index in [9.17, 15) is 0 Å². The van der Waals surface area contributed by atoms with Crippen LogP contribution in [0, 0.1) is 6.92 Å². The second-order valence-electron chi connectivity index (χ2n) is 4.62. The number of anilines is 1. The van der Waals surface area contributed by atoms with Crippen molar-refractivity contribution in [2.75, 3.05) is 37.7 Å². The van der Waals surface area contributed by atoms with Crippen LogP contribution in [0.4, 0.5) is 5.95 Å². The molecule has 1 N–H and O–H groups in total. The van der Waals surface area contributed by atoms with Crippen molar-refractivity contribution in [3.8, 4) is 0 Å². The van der Waals surface area contributed by atoms with E-state index in [1.807, 2.05) is 19.3 Å². The molecule has 5 nitrogen and oxygen atoms in total. The first kappa shape index (κ1) is 9.99. The van der Waals surface area contributed by atoms with Gasteiger partial charge in [0, 0.05) is 25.5 Å². The van der Waals surface area contributed by atoms with Crippen LogP contribution in [-0.4, -0.2) is 48.4 Å². The molecular formula is C11H16N4O. The van der Waals surface area contributed by atoms with Gasteiger partial charge in [0.25, 0.3) is 0 Å². The molecule has 2 fully saturated rings. The first-order chi connectivity index (χ1) is 7.77. The van der Waals surface area contributed by atoms with Gasteiger partial charge in [-0.1, -0.05) is 0 Å². The van der Waals surface area contributed by atoms with Crippen LogP contribution in [0.1, 0.15) is 5.56 Å². The maximum Gasteiger partial charge on any atom is 0.225 e. The van der Waals surface area contributed by atoms with Gasteiger partial charge in [-0.05, 0) is 12.5 Å². The van der Waals surface area contributed by atoms with E-state index in [1.165, 1.54) is 0 Å². The zero-order valence-electron chi connectivity index (χ0n) is 9.44. The van der Waals surface area contributed by atoms with Gasteiger partial charge in [-0.15, -0.1) is 0 Å². The normalized spacial score (nSPS) is 23.2. The predicted octanol–water partition coefficient (Wildman–Crippen LogP) is -0.0364. The molecule has 0 saturated carbocycles. The van der Waals surface area contributed by atoms with Crippen LogP contribution in [0.3, 0.4) is 0 Å². The third kappa shape index (κ3) is 1.66. The third-order valence-corrected chi connectivity index (χ3v) is 3.14. The van der Waals surface area contributed by atoms with E-state index in [-0.39, 0.29) is 5.60 Å². The first-order valence-corrected chi connectivity index (χ1v) is 5.66. The largest absolute Gasteiger partial charge is 0.369 e. The lowest BCUT2D eigenvalue weighted by molar-refractivity contribution is -0.0834. The van der Waals surface area contributed by atoms with E-state index in [0.717, 1.165) is 44.3 Å². The molecule has 0 bridgehead atoms. The highest BCUT2D eigenvalue weighted by Crippen LogP contribution is 2.28. The van der Waals surface area contributed by atoms with Crippen molar-refractivity contribution in [3.63, 3.8) is 0 Å². The summed E-state index contributed by atoms with van der Waals surface area (Å²) in [6, 6.07) is 0. The summed E-state index contributed by atoms with van der Waals surface area (Å²) in [7, 11) is 0. The fourth-order valence-corrected chi connectivity index (χ4v) is 2.25. The minimum absolute atomic E-state index is 0.00644. The second kappa shape index (κ2) is 3.68. The van der Waals surface area contributed by atoms with Crippen LogP contribution in [-0.2, 0) is 4.74 Å². The number of hydrogen-bond donors (Lipinski definition) is 1. The maximum atomic E-state index is 5.82. The Morgan fingerprint density at radius 3 is 2.75 bits per heavy atom. The summed E-state index contributed by atoms with van der Waals surface area (Å²) in [4.78, 5) is 10.8. The van der Waals surface area contributed by atoms with Crippen molar-refractivity contribution in [3.05, 3.63) is 18.0 Å². The van der Waals surface area contributed by atoms with Crippen LogP contribution in [0.25, 0.3) is 0 Å². The highest BCUT2D eigenvalue weighted by Gasteiger charge is 2.46. The van der Waals surface area contributed by atoms with Crippen LogP contribution >= 0.6 is 0 Å². The first-order valence-electron chi connectivity index (χ1n) is 5.66. The average molecular weight is 220 g/mol. The van der Waals surface area contributed by atoms with Crippen LogP contribution in [0.5, 0.6) is 0 Å². The number of aryl methyl sites for hydroxylation is 1. The number of nitrogens with zero attached hydrogens (tertiary/aromatic N) is 3. The fourth-order valence-electron chi connectivity index (χ4n) is 2.25. The zero-order valence-corrected chi connectivity index (χ0v) is 9.44. The fraction of sp³-hybridized carbons (Fsp3) is 0.636. The van der Waals surface area contributed by atoms with Crippen LogP contribution in [0.2, 0.25) is 0 Å². The number of ether oxygens (including phenoxy) is 1. The van der Waals surface area contributed by atoms with E-state index in [1.54, 1.807) is 0 Å². The molecule has 0 radical (unpaired) electrons. The summed E-state index contributed by atoms with van der Waals surface area (Å²) < 4.78 is 5.82. The molecule has 2 saturated heterocycles. The molecule has 2 aliphatic heterocycles. The Morgan fingerprint density at radius 2 is 2.12 bits per heavy atom. The molecule has 1 aromatic rings. The molecule has 86 valence electrons. The smallest absolute Gasteiger partial charge is 0.225 e. The molecule has 0 aromatic carbocycles. The summed E-state index contributed by atoms with van der Waals surface area (Å²) in [6.45, 7) is 6.49. The molecule has 3 heterocycles. The van der Waals surface area contributed by atoms with E-state index >= 15 is 0 Å². The van der Waals surface area contributed by atoms with E-state index in [4.69, 9.17) is 4.74 Å². The van der Waals surface area contributed by atoms with E-state index < -0.39 is 0 Å². The lowest BCUT2D eigenvalue weighted by atomic mass is 9.93. The summed E-state index contributed by atoms with van der Waals surface area (Å²) in [5.74, 6) is 0.811. The Labute approximate surface area is 94.8 Å². The van der Waals surface area contributed by atoms with Gasteiger partial charge in [0.2, 0.25) is 5.95 Å². The van der Waals surface area contributed by atoms with E-state index in [0.29, 0.717) is 0 Å². The highest BCUT2D eigenvalue weighted by atomic mass is 16.5. The van der Waals surface area contributed by atoms with Crippen molar-refractivity contribution in [1.29, 1.82) is 0 Å². The standard InChI is InChI=1S/C11H16N4O/c1-9-4-13-10(14-5-9)15-7-11(8-15)6-12-2-3-16-11/h4-5,12H,2-3,6-8H2,1H3. The van der Waals surface area contributed by atoms with Crippen molar-refractivity contribution >= 4 is 5.95 Å². The minimum atomic E-state index is 0.00644. The van der Waals surface area contributed by atoms with Gasteiger partial charge in [0.15, 0.2) is 0 Å². The van der Waals surface area contributed by atoms with Crippen molar-refractivity contribution in [1.82, 2.24) is 15.3 Å². The Bertz CT molecular complexity index is 364. The topological polar surface area (TPSA) is 50.3 Å². The lowest BCUT2D eigenvalue weighted by Gasteiger charge is -2.51. The molecule has 5 heteroatoms. The van der Waals surface area contributed by atoms with Gasteiger partial charge in [-0.2, -0.15) is 0 Å². The third-order valence-electron chi connectivity index (χ3n) is 3.14. The summed E-state index contributed by atoms with van der Waals surface area (Å²) in [5.41, 5.74) is 1.10. The quantitative estimate of drug-likeness (QED) is 0.720. The number of aromatic nitrogens is 2. The van der Waals surface area contributed by atoms with Gasteiger partial charge in [0.1, 0.15) is 5.60 Å². The van der Waals surface area contributed by atoms with Gasteiger partial charge in [-0.3, -0.25) is 0 Å². The predicted molar refractivity (Wildman–Crippen MR) is 60.5 cm³/mol. The SMILES string of the molecule is Cc1cnc(N2CC3(CNCCO3)C2)nc1. The van der Waals surface area contributed by atoms with Gasteiger partial charge < -0.3 is 15.0 Å². The summed E-state index contributed by atoms with van der Waals surface area (Å²) >= 11 is 0. The highest BCUT2D eigenvalue weighted by molar-refractivity contribution is 5.37. The molecule has 1 spiro atoms. The van der Waals surface area contributed by atoms with Crippen LogP contribution < -0.4 is 10.2 Å². The molecule has 2 aliphatic rings. The average Bonchev–Trinajstić information content (AvgIpc) is 2.28. The van der Waals surface area contributed by atoms with Gasteiger partial charge >= 0.3 is 0 Å². The zero-order chi connectivity index (χ0) is 11.0. The van der Waals surface area contributed by atoms with Crippen LogP contribution in [0.15, 0.2) is 12.4 Å². The Morgan fingerprint density at radius 1 is 1.38 bits per heavy atom. The molecule has 0 amide bonds. The monoisotopic (exact) mass is 220 g/mol. The Balaban J connectivity index is 1.66. The molecule has 0 aliphatic carbocycles. The van der Waals surface area contributed by atoms with Gasteiger partial charge in [-0.25, -0.2) is 9.97 Å². The molecule has 16 heavy (non-hydrogen) atoms. The second-order valence-corrected chi connectivity index (χ2v) is 4.62. The molecular weight excluding hydrogens is 204 g/mol. The number of rotatable bonds is 1. The molecule has 1 aromatic heterocycles. The summed E-state index contributed by atoms with van der Waals surface area (Å²) in [5, 5.41) is 3.37.